The Kier molecular flexibility index (Phi) is 6.88. The van der Waals surface area contributed by atoms with Crippen LogP contribution in [0.5, 0.6) is 0 Å². The molecule has 0 unspecified atom stereocenters. The third-order valence-corrected chi connectivity index (χ3v) is 8.59. The van der Waals surface area contributed by atoms with Crippen molar-refractivity contribution >= 4 is 31.8 Å². The van der Waals surface area contributed by atoms with E-state index in [0.29, 0.717) is 38.4 Å². The van der Waals surface area contributed by atoms with Gasteiger partial charge in [0.2, 0.25) is 10.0 Å². The molecule has 2 heterocycles. The minimum atomic E-state index is -3.56. The molecule has 0 saturated carbocycles. The molecule has 0 aliphatic carbocycles. The number of nitrogens with one attached hydrogen (secondary N) is 1. The first kappa shape index (κ1) is 23.9. The Labute approximate surface area is 206 Å². The lowest BCUT2D eigenvalue weighted by molar-refractivity contribution is 0.0730. The van der Waals surface area contributed by atoms with E-state index in [4.69, 9.17) is 9.72 Å². The molecule has 0 bridgehead atoms. The van der Waals surface area contributed by atoms with Crippen molar-refractivity contribution in [3.05, 3.63) is 72.1 Å². The highest BCUT2D eigenvalue weighted by molar-refractivity contribution is 7.89. The molecule has 1 fully saturated rings. The standard InChI is InChI=1S/C27H32N4O3S/c1-3-12-31-26-11-10-24(35(32,33)30-13-15-34-16-14-30)18-25(26)29-27(31)19-28-20(2)22-9-8-21-6-4-5-7-23(21)17-22/h4-11,17-18,20,28H,3,12-16,19H2,1-2H3/t20-/m1/s1. The van der Waals surface area contributed by atoms with Gasteiger partial charge in [0.25, 0.3) is 0 Å². The molecule has 0 radical (unpaired) electrons. The van der Waals surface area contributed by atoms with Gasteiger partial charge in [-0.2, -0.15) is 4.31 Å². The number of nitrogens with zero attached hydrogens (tertiary/aromatic N) is 3. The maximum atomic E-state index is 13.1. The highest BCUT2D eigenvalue weighted by Gasteiger charge is 2.27. The van der Waals surface area contributed by atoms with Gasteiger partial charge < -0.3 is 14.6 Å². The Bertz CT molecular complexity index is 1440. The van der Waals surface area contributed by atoms with Crippen molar-refractivity contribution < 1.29 is 13.2 Å². The Morgan fingerprint density at radius 1 is 1.03 bits per heavy atom. The molecule has 0 spiro atoms. The van der Waals surface area contributed by atoms with Crippen LogP contribution in [-0.4, -0.2) is 48.6 Å². The summed E-state index contributed by atoms with van der Waals surface area (Å²) in [4.78, 5) is 5.15. The average Bonchev–Trinajstić information content (AvgIpc) is 3.24. The van der Waals surface area contributed by atoms with Crippen molar-refractivity contribution in [3.63, 3.8) is 0 Å². The molecular formula is C27H32N4O3S. The molecule has 1 saturated heterocycles. The smallest absolute Gasteiger partial charge is 0.243 e. The monoisotopic (exact) mass is 492 g/mol. The van der Waals surface area contributed by atoms with Crippen LogP contribution in [0.1, 0.15) is 37.7 Å². The Morgan fingerprint density at radius 3 is 2.57 bits per heavy atom. The van der Waals surface area contributed by atoms with Gasteiger partial charge in [0.05, 0.1) is 35.7 Å². The van der Waals surface area contributed by atoms with E-state index in [1.54, 1.807) is 12.1 Å². The number of ether oxygens (including phenoxy) is 1. The van der Waals surface area contributed by atoms with Crippen LogP contribution in [0.25, 0.3) is 21.8 Å². The second-order valence-electron chi connectivity index (χ2n) is 9.06. The molecule has 8 heteroatoms. The van der Waals surface area contributed by atoms with Crippen molar-refractivity contribution in [1.82, 2.24) is 19.2 Å². The van der Waals surface area contributed by atoms with Crippen molar-refractivity contribution in [2.24, 2.45) is 0 Å². The van der Waals surface area contributed by atoms with Crippen molar-refractivity contribution in [1.29, 1.82) is 0 Å². The Hall–Kier alpha value is -2.78. The lowest BCUT2D eigenvalue weighted by atomic mass is 10.0. The number of rotatable bonds is 8. The van der Waals surface area contributed by atoms with E-state index in [2.05, 4.69) is 66.2 Å². The third-order valence-electron chi connectivity index (χ3n) is 6.69. The molecule has 1 N–H and O–H groups in total. The van der Waals surface area contributed by atoms with Crippen molar-refractivity contribution in [2.75, 3.05) is 26.3 Å². The summed E-state index contributed by atoms with van der Waals surface area (Å²) in [6, 6.07) is 20.4. The second-order valence-corrected chi connectivity index (χ2v) is 11.0. The first-order chi connectivity index (χ1) is 17.0. The molecule has 35 heavy (non-hydrogen) atoms. The van der Waals surface area contributed by atoms with Crippen LogP contribution in [0.15, 0.2) is 65.6 Å². The fourth-order valence-corrected chi connectivity index (χ4v) is 6.13. The maximum Gasteiger partial charge on any atom is 0.243 e. The lowest BCUT2D eigenvalue weighted by Gasteiger charge is -2.26. The molecule has 1 aromatic heterocycles. The van der Waals surface area contributed by atoms with Gasteiger partial charge in [-0.15, -0.1) is 0 Å². The number of sulfonamides is 1. The fourth-order valence-electron chi connectivity index (χ4n) is 4.70. The summed E-state index contributed by atoms with van der Waals surface area (Å²) < 4.78 is 35.3. The third kappa shape index (κ3) is 4.84. The summed E-state index contributed by atoms with van der Waals surface area (Å²) in [6.45, 7) is 7.33. The number of imidazole rings is 1. The molecule has 4 aromatic rings. The molecule has 7 nitrogen and oxygen atoms in total. The number of aryl methyl sites for hydroxylation is 1. The Morgan fingerprint density at radius 2 is 1.80 bits per heavy atom. The summed E-state index contributed by atoms with van der Waals surface area (Å²) in [5.74, 6) is 0.912. The van der Waals surface area contributed by atoms with Crippen molar-refractivity contribution in [3.8, 4) is 0 Å². The largest absolute Gasteiger partial charge is 0.379 e. The summed E-state index contributed by atoms with van der Waals surface area (Å²) in [7, 11) is -3.56. The highest BCUT2D eigenvalue weighted by atomic mass is 32.2. The van der Waals surface area contributed by atoms with Gasteiger partial charge in [0.1, 0.15) is 5.82 Å². The predicted octanol–water partition coefficient (Wildman–Crippen LogP) is 4.47. The number of morpholine rings is 1. The average molecular weight is 493 g/mol. The SMILES string of the molecule is CCCn1c(CN[C@H](C)c2ccc3ccccc3c2)nc2cc(S(=O)(=O)N3CCOCC3)ccc21. The lowest BCUT2D eigenvalue weighted by Crippen LogP contribution is -2.40. The molecule has 1 aliphatic rings. The first-order valence-corrected chi connectivity index (χ1v) is 13.7. The summed E-state index contributed by atoms with van der Waals surface area (Å²) in [5, 5.41) is 6.07. The fraction of sp³-hybridized carbons (Fsp3) is 0.370. The summed E-state index contributed by atoms with van der Waals surface area (Å²) in [6.07, 6.45) is 0.965. The molecule has 5 rings (SSSR count). The number of aromatic nitrogens is 2. The van der Waals surface area contributed by atoms with Crippen LogP contribution in [0.4, 0.5) is 0 Å². The van der Waals surface area contributed by atoms with Gasteiger partial charge in [-0.1, -0.05) is 43.3 Å². The quantitative estimate of drug-likeness (QED) is 0.393. The first-order valence-electron chi connectivity index (χ1n) is 12.3. The van der Waals surface area contributed by atoms with Gasteiger partial charge in [-0.3, -0.25) is 0 Å². The zero-order valence-corrected chi connectivity index (χ0v) is 21.1. The minimum absolute atomic E-state index is 0.145. The molecule has 1 aliphatic heterocycles. The van der Waals surface area contributed by atoms with Crippen LogP contribution in [0, 0.1) is 0 Å². The maximum absolute atomic E-state index is 13.1. The normalized spacial score (nSPS) is 16.2. The topological polar surface area (TPSA) is 76.5 Å². The van der Waals surface area contributed by atoms with Gasteiger partial charge in [0, 0.05) is 25.7 Å². The number of hydrogen-bond acceptors (Lipinski definition) is 5. The van der Waals surface area contributed by atoms with Gasteiger partial charge in [-0.25, -0.2) is 13.4 Å². The molecule has 184 valence electrons. The van der Waals surface area contributed by atoms with Crippen LogP contribution in [0.3, 0.4) is 0 Å². The van der Waals surface area contributed by atoms with E-state index in [-0.39, 0.29) is 10.9 Å². The van der Waals surface area contributed by atoms with E-state index in [1.165, 1.54) is 20.6 Å². The minimum Gasteiger partial charge on any atom is -0.379 e. The molecule has 0 amide bonds. The van der Waals surface area contributed by atoms with Crippen LogP contribution < -0.4 is 5.32 Å². The number of benzene rings is 3. The number of hydrogen-bond donors (Lipinski definition) is 1. The van der Waals surface area contributed by atoms with Gasteiger partial charge >= 0.3 is 0 Å². The van der Waals surface area contributed by atoms with E-state index in [1.807, 2.05) is 6.07 Å². The number of fused-ring (bicyclic) bond motifs is 2. The molecule has 1 atom stereocenters. The van der Waals surface area contributed by atoms with Crippen LogP contribution >= 0.6 is 0 Å². The van der Waals surface area contributed by atoms with E-state index in [9.17, 15) is 8.42 Å². The summed E-state index contributed by atoms with van der Waals surface area (Å²) >= 11 is 0. The highest BCUT2D eigenvalue weighted by Crippen LogP contribution is 2.25. The van der Waals surface area contributed by atoms with E-state index >= 15 is 0 Å². The van der Waals surface area contributed by atoms with E-state index < -0.39 is 10.0 Å². The zero-order chi connectivity index (χ0) is 24.4. The summed E-state index contributed by atoms with van der Waals surface area (Å²) in [5.41, 5.74) is 2.90. The van der Waals surface area contributed by atoms with Gasteiger partial charge in [-0.05, 0) is 53.9 Å². The second kappa shape index (κ2) is 10.1. The van der Waals surface area contributed by atoms with Gasteiger partial charge in [0.15, 0.2) is 0 Å². The van der Waals surface area contributed by atoms with Crippen LogP contribution in [-0.2, 0) is 27.8 Å². The zero-order valence-electron chi connectivity index (χ0n) is 20.3. The Balaban J connectivity index is 1.40. The van der Waals surface area contributed by atoms with E-state index in [0.717, 1.165) is 24.3 Å². The molecule has 3 aromatic carbocycles. The molecular weight excluding hydrogens is 460 g/mol. The van der Waals surface area contributed by atoms with Crippen LogP contribution in [0.2, 0.25) is 0 Å². The van der Waals surface area contributed by atoms with Crippen molar-refractivity contribution in [2.45, 2.75) is 44.3 Å². The predicted molar refractivity (Wildman–Crippen MR) is 139 cm³/mol.